The van der Waals surface area contributed by atoms with Gasteiger partial charge in [0.15, 0.2) is 5.96 Å². The number of rotatable bonds is 5. The van der Waals surface area contributed by atoms with Gasteiger partial charge >= 0.3 is 0 Å². The van der Waals surface area contributed by atoms with Crippen LogP contribution in [0.1, 0.15) is 51.9 Å². The fourth-order valence-corrected chi connectivity index (χ4v) is 2.96. The highest BCUT2D eigenvalue weighted by atomic mass is 127. The number of ether oxygens (including phenoxy) is 1. The Labute approximate surface area is 140 Å². The molecule has 0 bridgehead atoms. The van der Waals surface area contributed by atoms with Crippen LogP contribution in [-0.4, -0.2) is 32.3 Å². The van der Waals surface area contributed by atoms with Gasteiger partial charge in [0.25, 0.3) is 0 Å². The number of nitrogens with one attached hydrogen (secondary N) is 1. The Kier molecular flexibility index (Phi) is 7.58. The van der Waals surface area contributed by atoms with E-state index in [-0.39, 0.29) is 24.0 Å². The molecule has 0 amide bonds. The first-order chi connectivity index (χ1) is 9.11. The minimum absolute atomic E-state index is 0. The Hall–Kier alpha value is -0.0400. The lowest BCUT2D eigenvalue weighted by Crippen LogP contribution is -2.38. The van der Waals surface area contributed by atoms with Gasteiger partial charge in [0.05, 0.1) is 6.10 Å². The highest BCUT2D eigenvalue weighted by Gasteiger charge is 2.30. The first-order valence-electron chi connectivity index (χ1n) is 7.68. The van der Waals surface area contributed by atoms with E-state index in [2.05, 4.69) is 17.2 Å². The van der Waals surface area contributed by atoms with E-state index in [1.165, 1.54) is 32.1 Å². The van der Waals surface area contributed by atoms with Crippen LogP contribution in [0, 0.1) is 11.3 Å². The maximum Gasteiger partial charge on any atom is 0.188 e. The average molecular weight is 395 g/mol. The summed E-state index contributed by atoms with van der Waals surface area (Å²) in [6.07, 6.45) is 9.19. The summed E-state index contributed by atoms with van der Waals surface area (Å²) in [5.41, 5.74) is 6.25. The van der Waals surface area contributed by atoms with Crippen LogP contribution >= 0.6 is 24.0 Å². The van der Waals surface area contributed by atoms with Gasteiger partial charge in [-0.05, 0) is 49.9 Å². The van der Waals surface area contributed by atoms with E-state index in [0.717, 1.165) is 31.8 Å². The maximum atomic E-state index is 5.94. The molecule has 3 N–H and O–H groups in total. The van der Waals surface area contributed by atoms with Crippen LogP contribution in [0.5, 0.6) is 0 Å². The zero-order valence-corrected chi connectivity index (χ0v) is 15.2. The molecule has 2 rings (SSSR count). The van der Waals surface area contributed by atoms with Crippen LogP contribution < -0.4 is 11.1 Å². The van der Waals surface area contributed by atoms with Crippen LogP contribution in [0.25, 0.3) is 0 Å². The second kappa shape index (κ2) is 8.41. The van der Waals surface area contributed by atoms with Crippen molar-refractivity contribution in [3.05, 3.63) is 0 Å². The monoisotopic (exact) mass is 395 g/mol. The smallest absolute Gasteiger partial charge is 0.188 e. The largest absolute Gasteiger partial charge is 0.381 e. The minimum Gasteiger partial charge on any atom is -0.381 e. The van der Waals surface area contributed by atoms with E-state index in [9.17, 15) is 0 Å². The van der Waals surface area contributed by atoms with E-state index in [1.54, 1.807) is 0 Å². The molecule has 0 aromatic heterocycles. The summed E-state index contributed by atoms with van der Waals surface area (Å²) in [6, 6.07) is 0. The van der Waals surface area contributed by atoms with Crippen LogP contribution in [0.2, 0.25) is 0 Å². The highest BCUT2D eigenvalue weighted by Crippen LogP contribution is 2.37. The van der Waals surface area contributed by atoms with Gasteiger partial charge in [-0.3, -0.25) is 4.99 Å². The zero-order valence-electron chi connectivity index (χ0n) is 12.9. The molecular weight excluding hydrogens is 365 g/mol. The molecule has 0 unspecified atom stereocenters. The van der Waals surface area contributed by atoms with Crippen molar-refractivity contribution in [2.75, 3.05) is 20.2 Å². The third-order valence-electron chi connectivity index (χ3n) is 4.90. The number of halogens is 1. The number of hydrogen-bond donors (Lipinski definition) is 2. The lowest BCUT2D eigenvalue weighted by Gasteiger charge is -2.35. The topological polar surface area (TPSA) is 59.6 Å². The third kappa shape index (κ3) is 5.39. The van der Waals surface area contributed by atoms with Crippen molar-refractivity contribution < 1.29 is 4.74 Å². The summed E-state index contributed by atoms with van der Waals surface area (Å²) < 4.78 is 5.42. The van der Waals surface area contributed by atoms with Gasteiger partial charge in [0, 0.05) is 20.2 Å². The summed E-state index contributed by atoms with van der Waals surface area (Å²) in [6.45, 7) is 4.16. The normalized spacial score (nSPS) is 31.3. The van der Waals surface area contributed by atoms with Gasteiger partial charge in [-0.2, -0.15) is 0 Å². The molecule has 2 saturated carbocycles. The van der Waals surface area contributed by atoms with Crippen LogP contribution in [0.3, 0.4) is 0 Å². The summed E-state index contributed by atoms with van der Waals surface area (Å²) >= 11 is 0. The van der Waals surface area contributed by atoms with E-state index in [1.807, 2.05) is 7.11 Å². The molecule has 0 aromatic carbocycles. The number of nitrogens with two attached hydrogens (primary N) is 1. The van der Waals surface area contributed by atoms with Crippen molar-refractivity contribution in [1.29, 1.82) is 0 Å². The molecule has 20 heavy (non-hydrogen) atoms. The number of guanidine groups is 1. The van der Waals surface area contributed by atoms with E-state index in [0.29, 0.717) is 17.5 Å². The van der Waals surface area contributed by atoms with Gasteiger partial charge in [0.2, 0.25) is 0 Å². The minimum atomic E-state index is 0. The molecule has 4 nitrogen and oxygen atoms in total. The molecule has 2 aliphatic rings. The summed E-state index contributed by atoms with van der Waals surface area (Å²) in [4.78, 5) is 4.54. The fourth-order valence-electron chi connectivity index (χ4n) is 2.96. The zero-order chi connectivity index (χ0) is 13.7. The molecule has 0 spiro atoms. The fraction of sp³-hybridized carbons (Fsp3) is 0.933. The molecule has 2 aliphatic carbocycles. The van der Waals surface area contributed by atoms with Crippen LogP contribution in [0.15, 0.2) is 4.99 Å². The average Bonchev–Trinajstić information content (AvgIpc) is 2.36. The van der Waals surface area contributed by atoms with E-state index < -0.39 is 0 Å². The van der Waals surface area contributed by atoms with Crippen molar-refractivity contribution in [2.45, 2.75) is 58.0 Å². The molecular formula is C15H30IN3O. The van der Waals surface area contributed by atoms with Crippen molar-refractivity contribution in [3.63, 3.8) is 0 Å². The Morgan fingerprint density at radius 3 is 2.45 bits per heavy atom. The first kappa shape index (κ1) is 18.0. The Bertz CT molecular complexity index is 310. The molecule has 0 heterocycles. The number of methoxy groups -OCH3 is 1. The molecule has 0 radical (unpaired) electrons. The Morgan fingerprint density at radius 2 is 1.95 bits per heavy atom. The summed E-state index contributed by atoms with van der Waals surface area (Å²) in [5, 5.41) is 3.26. The molecule has 0 aliphatic heterocycles. The van der Waals surface area contributed by atoms with Gasteiger partial charge in [-0.15, -0.1) is 24.0 Å². The van der Waals surface area contributed by atoms with E-state index in [4.69, 9.17) is 10.5 Å². The summed E-state index contributed by atoms with van der Waals surface area (Å²) in [7, 11) is 1.81. The number of hydrogen-bond acceptors (Lipinski definition) is 2. The molecule has 118 valence electrons. The van der Waals surface area contributed by atoms with Crippen molar-refractivity contribution in [1.82, 2.24) is 5.32 Å². The van der Waals surface area contributed by atoms with E-state index >= 15 is 0 Å². The van der Waals surface area contributed by atoms with Gasteiger partial charge in [-0.25, -0.2) is 0 Å². The molecule has 2 fully saturated rings. The molecule has 0 aromatic rings. The second-order valence-corrected chi connectivity index (χ2v) is 6.63. The summed E-state index contributed by atoms with van der Waals surface area (Å²) in [5.74, 6) is 1.45. The lowest BCUT2D eigenvalue weighted by molar-refractivity contribution is 0.0352. The van der Waals surface area contributed by atoms with Gasteiger partial charge in [-0.1, -0.05) is 13.3 Å². The number of nitrogens with zero attached hydrogens (tertiary/aromatic N) is 1. The third-order valence-corrected chi connectivity index (χ3v) is 4.90. The maximum absolute atomic E-state index is 5.94. The van der Waals surface area contributed by atoms with Crippen molar-refractivity contribution in [3.8, 4) is 0 Å². The SMILES string of the molecule is COC1CCC(C)(CN=C(N)NCC2CCC2)CC1.I. The van der Waals surface area contributed by atoms with Gasteiger partial charge < -0.3 is 15.8 Å². The lowest BCUT2D eigenvalue weighted by atomic mass is 9.75. The molecule has 5 heteroatoms. The standard InChI is InChI=1S/C15H29N3O.HI/c1-15(8-6-13(19-2)7-9-15)11-18-14(16)17-10-12-4-3-5-12;/h12-13H,3-11H2,1-2H3,(H3,16,17,18);1H. The Balaban J connectivity index is 0.00000200. The quantitative estimate of drug-likeness (QED) is 0.428. The predicted octanol–water partition coefficient (Wildman–Crippen LogP) is 2.90. The van der Waals surface area contributed by atoms with Crippen LogP contribution in [-0.2, 0) is 4.74 Å². The molecule has 0 saturated heterocycles. The Morgan fingerprint density at radius 1 is 1.30 bits per heavy atom. The predicted molar refractivity (Wildman–Crippen MR) is 94.6 cm³/mol. The van der Waals surface area contributed by atoms with Crippen molar-refractivity contribution >= 4 is 29.9 Å². The number of aliphatic imine (C=N–C) groups is 1. The second-order valence-electron chi connectivity index (χ2n) is 6.63. The van der Waals surface area contributed by atoms with Gasteiger partial charge in [0.1, 0.15) is 0 Å². The first-order valence-corrected chi connectivity index (χ1v) is 7.68. The highest BCUT2D eigenvalue weighted by molar-refractivity contribution is 14.0. The van der Waals surface area contributed by atoms with Crippen molar-refractivity contribution in [2.24, 2.45) is 22.1 Å². The van der Waals surface area contributed by atoms with Crippen LogP contribution in [0.4, 0.5) is 0 Å². The molecule has 0 atom stereocenters.